The molecule has 274 valence electrons. The number of ketones is 2. The Bertz CT molecular complexity index is 1780. The molecule has 6 aliphatic rings. The van der Waals surface area contributed by atoms with Gasteiger partial charge < -0.3 is 25.5 Å². The molecule has 5 N–H and O–H groups in total. The van der Waals surface area contributed by atoms with Crippen LogP contribution in [0.2, 0.25) is 0 Å². The lowest BCUT2D eigenvalue weighted by Gasteiger charge is -2.69. The summed E-state index contributed by atoms with van der Waals surface area (Å²) < 4.78 is 0. The molecule has 0 aromatic heterocycles. The van der Waals surface area contributed by atoms with Crippen LogP contribution in [0.3, 0.4) is 0 Å². The SMILES string of the molecule is CC(C(=O)O)=C(O)C(O)CC(C)C1CC2(O)C=CC3(O)C4=C5C(=O)CC1(CCCCCC51CCC(=O)C(C)(C)C1C3C=Cc1ccccc1)C42C. The highest BCUT2D eigenvalue weighted by atomic mass is 16.4. The zero-order chi connectivity index (χ0) is 36.9. The molecule has 8 heteroatoms. The minimum atomic E-state index is -1.65. The minimum Gasteiger partial charge on any atom is -0.509 e. The molecular formula is C43H54O8. The van der Waals surface area contributed by atoms with E-state index < -0.39 is 56.6 Å². The fraction of sp³-hybridized carbons (Fsp3) is 0.605. The molecule has 51 heavy (non-hydrogen) atoms. The number of allylic oxidation sites excluding steroid dienone is 1. The van der Waals surface area contributed by atoms with Crippen molar-refractivity contribution in [3.05, 3.63) is 76.6 Å². The normalized spacial score (nSPS) is 41.3. The number of Topliss-reactive ketones (excluding diaryl/α,β-unsaturated/α-hetero) is 2. The van der Waals surface area contributed by atoms with Crippen LogP contribution in [0.25, 0.3) is 6.08 Å². The number of rotatable bonds is 7. The van der Waals surface area contributed by atoms with Crippen LogP contribution in [0.1, 0.15) is 104 Å². The highest BCUT2D eigenvalue weighted by Gasteiger charge is 2.79. The van der Waals surface area contributed by atoms with Gasteiger partial charge in [-0.05, 0) is 79.4 Å². The van der Waals surface area contributed by atoms with Gasteiger partial charge in [-0.25, -0.2) is 4.79 Å². The van der Waals surface area contributed by atoms with Crippen molar-refractivity contribution in [3.8, 4) is 0 Å². The summed E-state index contributed by atoms with van der Waals surface area (Å²) in [5, 5.41) is 57.8. The number of benzene rings is 1. The molecule has 0 radical (unpaired) electrons. The molecular weight excluding hydrogens is 644 g/mol. The Balaban J connectivity index is 1.47. The monoisotopic (exact) mass is 698 g/mol. The Morgan fingerprint density at radius 3 is 2.35 bits per heavy atom. The quantitative estimate of drug-likeness (QED) is 0.117. The zero-order valence-electron chi connectivity index (χ0n) is 30.6. The van der Waals surface area contributed by atoms with E-state index in [4.69, 9.17) is 0 Å². The Kier molecular flexibility index (Phi) is 8.37. The average Bonchev–Trinajstić information content (AvgIpc) is 3.28. The lowest BCUT2D eigenvalue weighted by Crippen LogP contribution is -2.70. The summed E-state index contributed by atoms with van der Waals surface area (Å²) in [7, 11) is 0. The van der Waals surface area contributed by atoms with E-state index in [-0.39, 0.29) is 47.7 Å². The third-order valence-electron chi connectivity index (χ3n) is 15.2. The molecule has 2 spiro atoms. The van der Waals surface area contributed by atoms with Gasteiger partial charge in [-0.3, -0.25) is 9.59 Å². The van der Waals surface area contributed by atoms with Crippen molar-refractivity contribution in [2.45, 2.75) is 116 Å². The van der Waals surface area contributed by atoms with E-state index in [0.717, 1.165) is 31.2 Å². The maximum absolute atomic E-state index is 15.3. The van der Waals surface area contributed by atoms with Gasteiger partial charge in [0, 0.05) is 40.6 Å². The number of aliphatic hydroxyl groups excluding tert-OH is 2. The summed E-state index contributed by atoms with van der Waals surface area (Å²) in [6.07, 6.45) is 11.6. The van der Waals surface area contributed by atoms with Crippen LogP contribution in [0.4, 0.5) is 0 Å². The van der Waals surface area contributed by atoms with Gasteiger partial charge in [0.2, 0.25) is 0 Å². The number of hydrogen-bond donors (Lipinski definition) is 5. The number of carbonyl (C=O) groups excluding carboxylic acids is 2. The number of carbonyl (C=O) groups is 3. The molecule has 1 aromatic carbocycles. The maximum Gasteiger partial charge on any atom is 0.334 e. The van der Waals surface area contributed by atoms with Gasteiger partial charge in [0.25, 0.3) is 0 Å². The fourth-order valence-corrected chi connectivity index (χ4v) is 12.8. The van der Waals surface area contributed by atoms with Crippen LogP contribution in [0.5, 0.6) is 0 Å². The van der Waals surface area contributed by atoms with E-state index in [0.29, 0.717) is 36.8 Å². The molecule has 3 fully saturated rings. The number of carboxylic acids is 1. The molecule has 8 nitrogen and oxygen atoms in total. The maximum atomic E-state index is 15.3. The summed E-state index contributed by atoms with van der Waals surface area (Å²) >= 11 is 0. The topological polar surface area (TPSA) is 152 Å². The number of aliphatic hydroxyl groups is 4. The van der Waals surface area contributed by atoms with Gasteiger partial charge in [-0.2, -0.15) is 0 Å². The Morgan fingerprint density at radius 2 is 1.67 bits per heavy atom. The summed E-state index contributed by atoms with van der Waals surface area (Å²) in [4.78, 5) is 40.8. The predicted octanol–water partition coefficient (Wildman–Crippen LogP) is 6.90. The van der Waals surface area contributed by atoms with Gasteiger partial charge >= 0.3 is 5.97 Å². The van der Waals surface area contributed by atoms with E-state index in [2.05, 4.69) is 13.0 Å². The molecule has 10 unspecified atom stereocenters. The highest BCUT2D eigenvalue weighted by Crippen LogP contribution is 2.80. The largest absolute Gasteiger partial charge is 0.509 e. The van der Waals surface area contributed by atoms with Crippen LogP contribution in [-0.4, -0.2) is 60.4 Å². The molecule has 0 amide bonds. The lowest BCUT2D eigenvalue weighted by molar-refractivity contribution is -0.168. The van der Waals surface area contributed by atoms with Crippen molar-refractivity contribution in [2.75, 3.05) is 0 Å². The molecule has 0 aliphatic heterocycles. The summed E-state index contributed by atoms with van der Waals surface area (Å²) in [5.41, 5.74) is -4.47. The van der Waals surface area contributed by atoms with Crippen molar-refractivity contribution < 1.29 is 39.9 Å². The van der Waals surface area contributed by atoms with E-state index in [1.165, 1.54) is 6.92 Å². The first-order chi connectivity index (χ1) is 23.9. The van der Waals surface area contributed by atoms with Gasteiger partial charge in [0.05, 0.1) is 11.2 Å². The van der Waals surface area contributed by atoms with E-state index in [9.17, 15) is 35.1 Å². The number of fused-ring (bicyclic) bond motifs is 1. The third kappa shape index (κ3) is 4.71. The first kappa shape index (κ1) is 36.0. The second-order valence-electron chi connectivity index (χ2n) is 17.7. The van der Waals surface area contributed by atoms with Crippen LogP contribution in [0.15, 0.2) is 71.0 Å². The lowest BCUT2D eigenvalue weighted by atomic mass is 9.34. The average molecular weight is 699 g/mol. The molecule has 6 aliphatic carbocycles. The van der Waals surface area contributed by atoms with E-state index in [1.54, 1.807) is 12.2 Å². The number of hydrogen-bond acceptors (Lipinski definition) is 7. The fourth-order valence-electron chi connectivity index (χ4n) is 12.8. The second kappa shape index (κ2) is 11.8. The molecule has 0 saturated heterocycles. The smallest absolute Gasteiger partial charge is 0.334 e. The van der Waals surface area contributed by atoms with Crippen molar-refractivity contribution >= 4 is 23.6 Å². The summed E-state index contributed by atoms with van der Waals surface area (Å²) in [5.74, 6) is -3.29. The Hall–Kier alpha value is -3.33. The van der Waals surface area contributed by atoms with Crippen LogP contribution in [0, 0.1) is 45.3 Å². The minimum absolute atomic E-state index is 0.00907. The van der Waals surface area contributed by atoms with E-state index in [1.807, 2.05) is 57.2 Å². The Labute approximate surface area is 301 Å². The van der Waals surface area contributed by atoms with Crippen LogP contribution in [-0.2, 0) is 14.4 Å². The third-order valence-corrected chi connectivity index (χ3v) is 15.2. The number of carboxylic acid groups (broad SMARTS) is 1. The van der Waals surface area contributed by atoms with Crippen molar-refractivity contribution in [3.63, 3.8) is 0 Å². The van der Waals surface area contributed by atoms with Gasteiger partial charge in [0.15, 0.2) is 5.78 Å². The number of aliphatic carboxylic acids is 1. The van der Waals surface area contributed by atoms with Gasteiger partial charge in [-0.15, -0.1) is 0 Å². The first-order valence-corrected chi connectivity index (χ1v) is 18.9. The second-order valence-corrected chi connectivity index (χ2v) is 17.7. The molecule has 3 saturated carbocycles. The molecule has 2 bridgehead atoms. The van der Waals surface area contributed by atoms with Crippen molar-refractivity contribution in [1.29, 1.82) is 0 Å². The van der Waals surface area contributed by atoms with E-state index >= 15 is 4.79 Å². The zero-order valence-corrected chi connectivity index (χ0v) is 30.6. The highest BCUT2D eigenvalue weighted by molar-refractivity contribution is 6.02. The Morgan fingerprint density at radius 1 is 0.980 bits per heavy atom. The standard InChI is InChI=1S/C43H54O8/c1-25(22-30(44)34(47)26(2)37(48)49)29-23-42(50)20-21-43(51)28(15-14-27-12-8-6-9-13-27)35-38(3,4)32(46)16-19-40(35)17-10-7-11-18-41(29)24-31(45)33(40)36(43)39(41,42)5/h6,8-9,12-15,20-21,25,28-30,35,44,47,50-51H,7,10-11,16-19,22-24H2,1-5H3,(H,48,49). The molecule has 0 heterocycles. The molecule has 7 rings (SSSR count). The van der Waals surface area contributed by atoms with Crippen LogP contribution < -0.4 is 0 Å². The van der Waals surface area contributed by atoms with Crippen LogP contribution >= 0.6 is 0 Å². The molecule has 10 atom stereocenters. The summed E-state index contributed by atoms with van der Waals surface area (Å²) in [6, 6.07) is 9.89. The van der Waals surface area contributed by atoms with Crippen molar-refractivity contribution in [2.24, 2.45) is 45.3 Å². The van der Waals surface area contributed by atoms with Crippen molar-refractivity contribution in [1.82, 2.24) is 0 Å². The van der Waals surface area contributed by atoms with Gasteiger partial charge in [-0.1, -0.05) is 95.5 Å². The summed E-state index contributed by atoms with van der Waals surface area (Å²) in [6.45, 7) is 9.26. The molecule has 1 aromatic rings. The first-order valence-electron chi connectivity index (χ1n) is 18.9. The van der Waals surface area contributed by atoms with Gasteiger partial charge in [0.1, 0.15) is 23.2 Å². The predicted molar refractivity (Wildman–Crippen MR) is 193 cm³/mol.